The Bertz CT molecular complexity index is 443. The van der Waals surface area contributed by atoms with Gasteiger partial charge in [-0.3, -0.25) is 4.79 Å². The van der Waals surface area contributed by atoms with Gasteiger partial charge < -0.3 is 10.2 Å². The zero-order valence-electron chi connectivity index (χ0n) is 11.4. The first kappa shape index (κ1) is 13.5. The van der Waals surface area contributed by atoms with Crippen molar-refractivity contribution >= 4 is 5.78 Å². The lowest BCUT2D eigenvalue weighted by Gasteiger charge is -2.41. The van der Waals surface area contributed by atoms with Gasteiger partial charge in [-0.2, -0.15) is 0 Å². The zero-order chi connectivity index (χ0) is 13.6. The summed E-state index contributed by atoms with van der Waals surface area (Å²) < 4.78 is 0. The van der Waals surface area contributed by atoms with Crippen LogP contribution in [-0.2, 0) is 4.79 Å². The molecule has 2 rings (SSSR count). The van der Waals surface area contributed by atoms with E-state index < -0.39 is 5.60 Å². The molecule has 0 fully saturated rings. The molecule has 2 atom stereocenters. The number of Topliss-reactive ketones (excluding diaryl/α,β-unsaturated/α-hetero) is 1. The lowest BCUT2D eigenvalue weighted by Crippen LogP contribution is -2.37. The molecule has 2 N–H and O–H groups in total. The maximum atomic E-state index is 11.8. The summed E-state index contributed by atoms with van der Waals surface area (Å²) in [4.78, 5) is 11.8. The summed E-state index contributed by atoms with van der Waals surface area (Å²) >= 11 is 0. The van der Waals surface area contributed by atoms with E-state index in [1.807, 2.05) is 13.0 Å². The fraction of sp³-hybridized carbons (Fsp3) is 0.667. The Labute approximate surface area is 108 Å². The van der Waals surface area contributed by atoms with Crippen LogP contribution in [-0.4, -0.2) is 28.2 Å². The Morgan fingerprint density at radius 2 is 2.00 bits per heavy atom. The first-order chi connectivity index (χ1) is 8.30. The number of carbonyl (C=O) groups excluding carboxylic acids is 1. The summed E-state index contributed by atoms with van der Waals surface area (Å²) in [6.45, 7) is 5.42. The quantitative estimate of drug-likeness (QED) is 0.789. The number of ketones is 1. The van der Waals surface area contributed by atoms with Gasteiger partial charge in [0.05, 0.1) is 6.61 Å². The minimum Gasteiger partial charge on any atom is -0.393 e. The van der Waals surface area contributed by atoms with E-state index in [1.54, 1.807) is 6.92 Å². The molecule has 18 heavy (non-hydrogen) atoms. The molecule has 0 spiro atoms. The van der Waals surface area contributed by atoms with Gasteiger partial charge in [0.15, 0.2) is 5.78 Å². The third-order valence-electron chi connectivity index (χ3n) is 4.64. The molecule has 0 amide bonds. The molecule has 0 saturated heterocycles. The minimum absolute atomic E-state index is 0.0625. The molecule has 0 aliphatic heterocycles. The summed E-state index contributed by atoms with van der Waals surface area (Å²) in [5, 5.41) is 19.4. The van der Waals surface area contributed by atoms with Crippen molar-refractivity contribution in [1.29, 1.82) is 0 Å². The van der Waals surface area contributed by atoms with E-state index in [0.717, 1.165) is 36.0 Å². The van der Waals surface area contributed by atoms with Crippen LogP contribution >= 0.6 is 0 Å². The summed E-state index contributed by atoms with van der Waals surface area (Å²) in [6.07, 6.45) is 5.20. The van der Waals surface area contributed by atoms with Crippen molar-refractivity contribution in [3.05, 3.63) is 22.8 Å². The number of rotatable bonds is 2. The standard InChI is InChI=1S/C15H22O3/c1-10-12-8-11(15(3,18)9-16)4-6-14(12,2)7-5-13(10)17/h8,16,18H,4-7,9H2,1-3H3. The van der Waals surface area contributed by atoms with Crippen molar-refractivity contribution in [1.82, 2.24) is 0 Å². The highest BCUT2D eigenvalue weighted by atomic mass is 16.3. The van der Waals surface area contributed by atoms with Crippen molar-refractivity contribution in [2.75, 3.05) is 6.61 Å². The number of fused-ring (bicyclic) bond motifs is 1. The highest BCUT2D eigenvalue weighted by Gasteiger charge is 2.40. The van der Waals surface area contributed by atoms with Crippen molar-refractivity contribution in [3.63, 3.8) is 0 Å². The Kier molecular flexibility index (Phi) is 3.24. The van der Waals surface area contributed by atoms with E-state index in [9.17, 15) is 15.0 Å². The fourth-order valence-electron chi connectivity index (χ4n) is 3.04. The predicted octanol–water partition coefficient (Wildman–Crippen LogP) is 2.14. The molecule has 0 aromatic heterocycles. The van der Waals surface area contributed by atoms with Gasteiger partial charge in [-0.1, -0.05) is 13.0 Å². The Balaban J connectivity index is 2.48. The van der Waals surface area contributed by atoms with Crippen LogP contribution in [0.15, 0.2) is 22.8 Å². The molecule has 0 heterocycles. The molecule has 100 valence electrons. The molecule has 0 saturated carbocycles. The summed E-state index contributed by atoms with van der Waals surface area (Å²) in [6, 6.07) is 0. The number of allylic oxidation sites excluding steroid dienone is 3. The number of aliphatic hydroxyl groups is 2. The largest absolute Gasteiger partial charge is 0.393 e. The van der Waals surface area contributed by atoms with Crippen LogP contribution in [0, 0.1) is 5.41 Å². The van der Waals surface area contributed by atoms with Crippen LogP contribution in [0.5, 0.6) is 0 Å². The van der Waals surface area contributed by atoms with Gasteiger partial charge in [0, 0.05) is 6.42 Å². The number of hydrogen-bond acceptors (Lipinski definition) is 3. The van der Waals surface area contributed by atoms with Gasteiger partial charge in [-0.15, -0.1) is 0 Å². The smallest absolute Gasteiger partial charge is 0.158 e. The second-order valence-electron chi connectivity index (χ2n) is 6.12. The maximum Gasteiger partial charge on any atom is 0.158 e. The van der Waals surface area contributed by atoms with Gasteiger partial charge in [0.1, 0.15) is 5.60 Å². The van der Waals surface area contributed by atoms with E-state index in [-0.39, 0.29) is 17.8 Å². The zero-order valence-corrected chi connectivity index (χ0v) is 11.4. The molecule has 3 nitrogen and oxygen atoms in total. The molecule has 2 aliphatic rings. The molecule has 0 bridgehead atoms. The molecule has 0 aromatic carbocycles. The summed E-state index contributed by atoms with van der Waals surface area (Å²) in [7, 11) is 0. The van der Waals surface area contributed by atoms with Crippen LogP contribution < -0.4 is 0 Å². The van der Waals surface area contributed by atoms with Gasteiger partial charge in [0.25, 0.3) is 0 Å². The molecule has 3 heteroatoms. The number of carbonyl (C=O) groups is 1. The second kappa shape index (κ2) is 4.32. The summed E-state index contributed by atoms with van der Waals surface area (Å²) in [5.74, 6) is 0.212. The third-order valence-corrected chi connectivity index (χ3v) is 4.64. The van der Waals surface area contributed by atoms with Crippen molar-refractivity contribution in [3.8, 4) is 0 Å². The average Bonchev–Trinajstić information content (AvgIpc) is 2.34. The summed E-state index contributed by atoms with van der Waals surface area (Å²) in [5.41, 5.74) is 1.62. The second-order valence-corrected chi connectivity index (χ2v) is 6.12. The molecule has 2 unspecified atom stereocenters. The van der Waals surface area contributed by atoms with Gasteiger partial charge >= 0.3 is 0 Å². The van der Waals surface area contributed by atoms with Crippen molar-refractivity contribution in [2.24, 2.45) is 5.41 Å². The Morgan fingerprint density at radius 1 is 1.39 bits per heavy atom. The van der Waals surface area contributed by atoms with Crippen molar-refractivity contribution in [2.45, 2.75) is 52.1 Å². The Hall–Kier alpha value is -0.930. The lowest BCUT2D eigenvalue weighted by molar-refractivity contribution is -0.116. The van der Waals surface area contributed by atoms with E-state index in [1.165, 1.54) is 0 Å². The fourth-order valence-corrected chi connectivity index (χ4v) is 3.04. The first-order valence-electron chi connectivity index (χ1n) is 6.59. The topological polar surface area (TPSA) is 57.5 Å². The van der Waals surface area contributed by atoms with E-state index in [2.05, 4.69) is 6.92 Å². The Morgan fingerprint density at radius 3 is 2.61 bits per heavy atom. The number of aliphatic hydroxyl groups excluding tert-OH is 1. The highest BCUT2D eigenvalue weighted by molar-refractivity contribution is 5.97. The van der Waals surface area contributed by atoms with E-state index >= 15 is 0 Å². The van der Waals surface area contributed by atoms with Crippen molar-refractivity contribution < 1.29 is 15.0 Å². The van der Waals surface area contributed by atoms with Crippen LogP contribution in [0.2, 0.25) is 0 Å². The lowest BCUT2D eigenvalue weighted by atomic mass is 9.63. The normalized spacial score (nSPS) is 31.8. The predicted molar refractivity (Wildman–Crippen MR) is 70.1 cm³/mol. The minimum atomic E-state index is -1.17. The third kappa shape index (κ3) is 2.06. The highest BCUT2D eigenvalue weighted by Crippen LogP contribution is 2.48. The maximum absolute atomic E-state index is 11.8. The molecule has 0 radical (unpaired) electrons. The average molecular weight is 250 g/mol. The van der Waals surface area contributed by atoms with Crippen LogP contribution in [0.3, 0.4) is 0 Å². The first-order valence-corrected chi connectivity index (χ1v) is 6.59. The molecule has 0 aromatic rings. The van der Waals surface area contributed by atoms with Crippen LogP contribution in [0.25, 0.3) is 0 Å². The van der Waals surface area contributed by atoms with E-state index in [4.69, 9.17) is 0 Å². The van der Waals surface area contributed by atoms with Gasteiger partial charge in [0.2, 0.25) is 0 Å². The molecule has 2 aliphatic carbocycles. The van der Waals surface area contributed by atoms with Gasteiger partial charge in [-0.25, -0.2) is 0 Å². The van der Waals surface area contributed by atoms with Crippen LogP contribution in [0.1, 0.15) is 46.5 Å². The van der Waals surface area contributed by atoms with Gasteiger partial charge in [-0.05, 0) is 55.2 Å². The number of hydrogen-bond donors (Lipinski definition) is 2. The van der Waals surface area contributed by atoms with E-state index in [0.29, 0.717) is 6.42 Å². The molecular formula is C15H22O3. The molecular weight excluding hydrogens is 228 g/mol. The monoisotopic (exact) mass is 250 g/mol. The SMILES string of the molecule is CC1=C2C=C(C(C)(O)CO)CCC2(C)CCC1=O. The van der Waals surface area contributed by atoms with Crippen LogP contribution in [0.4, 0.5) is 0 Å².